The first-order valence-electron chi connectivity index (χ1n) is 7.37. The number of piperidine rings is 1. The van der Waals surface area contributed by atoms with Crippen molar-refractivity contribution in [3.05, 3.63) is 0 Å². The van der Waals surface area contributed by atoms with Crippen LogP contribution in [0.15, 0.2) is 0 Å². The fourth-order valence-corrected chi connectivity index (χ4v) is 4.73. The van der Waals surface area contributed by atoms with Crippen molar-refractivity contribution in [1.29, 1.82) is 0 Å². The average Bonchev–Trinajstić information content (AvgIpc) is 2.42. The number of aliphatic hydroxyl groups excluding tert-OH is 1. The molecule has 2 N–H and O–H groups in total. The number of hydrogen-bond donors (Lipinski definition) is 2. The molecular weight excluding hydrogens is 264 g/mol. The second-order valence-corrected chi connectivity index (χ2v) is 7.86. The van der Waals surface area contributed by atoms with Crippen molar-refractivity contribution < 1.29 is 13.5 Å². The van der Waals surface area contributed by atoms with Gasteiger partial charge in [0.25, 0.3) is 10.2 Å². The minimum absolute atomic E-state index is 0.104. The van der Waals surface area contributed by atoms with Crippen LogP contribution in [0.3, 0.4) is 0 Å². The highest BCUT2D eigenvalue weighted by Crippen LogP contribution is 2.32. The molecule has 5 nitrogen and oxygen atoms in total. The van der Waals surface area contributed by atoms with Gasteiger partial charge in [0.15, 0.2) is 0 Å². The molecule has 6 heteroatoms. The second kappa shape index (κ2) is 6.08. The van der Waals surface area contributed by atoms with Crippen LogP contribution in [0.25, 0.3) is 0 Å². The van der Waals surface area contributed by atoms with E-state index in [-0.39, 0.29) is 6.61 Å². The Kier molecular flexibility index (Phi) is 4.87. The molecule has 0 atom stereocenters. The topological polar surface area (TPSA) is 69.6 Å². The lowest BCUT2D eigenvalue weighted by Crippen LogP contribution is -2.57. The van der Waals surface area contributed by atoms with Gasteiger partial charge in [-0.2, -0.15) is 17.4 Å². The van der Waals surface area contributed by atoms with Gasteiger partial charge >= 0.3 is 0 Å². The molecule has 1 saturated carbocycles. The summed E-state index contributed by atoms with van der Waals surface area (Å²) in [7, 11) is -3.45. The minimum atomic E-state index is -3.45. The fourth-order valence-electron chi connectivity index (χ4n) is 3.05. The Bertz CT molecular complexity index is 383. The zero-order valence-electron chi connectivity index (χ0n) is 11.8. The Morgan fingerprint density at radius 3 is 2.32 bits per heavy atom. The maximum Gasteiger partial charge on any atom is 0.280 e. The molecule has 0 radical (unpaired) electrons. The van der Waals surface area contributed by atoms with Crippen molar-refractivity contribution in [3.8, 4) is 0 Å². The van der Waals surface area contributed by atoms with E-state index in [1.165, 1.54) is 4.31 Å². The molecule has 0 spiro atoms. The fraction of sp³-hybridized carbons (Fsp3) is 1.00. The molecule has 1 heterocycles. The summed E-state index contributed by atoms with van der Waals surface area (Å²) in [6.07, 6.45) is 6.39. The van der Waals surface area contributed by atoms with Crippen LogP contribution in [0, 0.1) is 5.92 Å². The SMILES string of the molecule is CC1CCC(CO)(NS(=O)(=O)N2CCCCC2)CC1. The lowest BCUT2D eigenvalue weighted by Gasteiger charge is -2.40. The van der Waals surface area contributed by atoms with Crippen molar-refractivity contribution in [1.82, 2.24) is 9.03 Å². The van der Waals surface area contributed by atoms with Crippen LogP contribution >= 0.6 is 0 Å². The van der Waals surface area contributed by atoms with Gasteiger partial charge in [-0.05, 0) is 44.4 Å². The van der Waals surface area contributed by atoms with Crippen LogP contribution in [0.4, 0.5) is 0 Å². The van der Waals surface area contributed by atoms with E-state index in [9.17, 15) is 13.5 Å². The Hall–Kier alpha value is -0.170. The molecule has 2 fully saturated rings. The molecule has 0 aromatic rings. The average molecular weight is 290 g/mol. The first-order valence-corrected chi connectivity index (χ1v) is 8.81. The van der Waals surface area contributed by atoms with Gasteiger partial charge in [-0.25, -0.2) is 0 Å². The second-order valence-electron chi connectivity index (χ2n) is 6.19. The first-order chi connectivity index (χ1) is 8.97. The van der Waals surface area contributed by atoms with Gasteiger partial charge in [0.1, 0.15) is 0 Å². The van der Waals surface area contributed by atoms with Crippen molar-refractivity contribution in [3.63, 3.8) is 0 Å². The molecule has 2 rings (SSSR count). The highest BCUT2D eigenvalue weighted by molar-refractivity contribution is 7.87. The van der Waals surface area contributed by atoms with E-state index >= 15 is 0 Å². The third-order valence-electron chi connectivity index (χ3n) is 4.53. The predicted molar refractivity (Wildman–Crippen MR) is 74.9 cm³/mol. The molecule has 0 amide bonds. The van der Waals surface area contributed by atoms with Crippen molar-refractivity contribution >= 4 is 10.2 Å². The van der Waals surface area contributed by atoms with Gasteiger partial charge in [0.2, 0.25) is 0 Å². The Balaban J connectivity index is 2.04. The lowest BCUT2D eigenvalue weighted by molar-refractivity contribution is 0.123. The largest absolute Gasteiger partial charge is 0.394 e. The van der Waals surface area contributed by atoms with Crippen LogP contribution < -0.4 is 4.72 Å². The first kappa shape index (κ1) is 15.2. The van der Waals surface area contributed by atoms with Crippen molar-refractivity contribution in [2.45, 2.75) is 57.4 Å². The number of hydrogen-bond acceptors (Lipinski definition) is 3. The normalized spacial score (nSPS) is 34.3. The van der Waals surface area contributed by atoms with E-state index in [1.54, 1.807) is 0 Å². The Morgan fingerprint density at radius 1 is 1.21 bits per heavy atom. The summed E-state index contributed by atoms with van der Waals surface area (Å²) in [6, 6.07) is 0. The van der Waals surface area contributed by atoms with E-state index in [1.807, 2.05) is 0 Å². The zero-order chi connectivity index (χ0) is 13.9. The van der Waals surface area contributed by atoms with Crippen LogP contribution in [-0.2, 0) is 10.2 Å². The summed E-state index contributed by atoms with van der Waals surface area (Å²) in [4.78, 5) is 0. The van der Waals surface area contributed by atoms with E-state index in [0.717, 1.165) is 44.9 Å². The summed E-state index contributed by atoms with van der Waals surface area (Å²) in [5.41, 5.74) is -0.636. The number of nitrogens with one attached hydrogen (secondary N) is 1. The summed E-state index contributed by atoms with van der Waals surface area (Å²) >= 11 is 0. The summed E-state index contributed by atoms with van der Waals surface area (Å²) < 4.78 is 29.1. The number of nitrogens with zero attached hydrogens (tertiary/aromatic N) is 1. The van der Waals surface area contributed by atoms with Gasteiger partial charge in [0.05, 0.1) is 12.1 Å². The van der Waals surface area contributed by atoms with Gasteiger partial charge in [-0.3, -0.25) is 0 Å². The molecular formula is C13H26N2O3S. The van der Waals surface area contributed by atoms with Crippen LogP contribution in [-0.4, -0.2) is 43.1 Å². The van der Waals surface area contributed by atoms with Gasteiger partial charge in [-0.15, -0.1) is 0 Å². The van der Waals surface area contributed by atoms with Gasteiger partial charge in [-0.1, -0.05) is 13.3 Å². The van der Waals surface area contributed by atoms with E-state index < -0.39 is 15.7 Å². The maximum absolute atomic E-state index is 12.4. The zero-order valence-corrected chi connectivity index (χ0v) is 12.6. The number of aliphatic hydroxyl groups is 1. The minimum Gasteiger partial charge on any atom is -0.394 e. The molecule has 0 unspecified atom stereocenters. The van der Waals surface area contributed by atoms with Crippen LogP contribution in [0.5, 0.6) is 0 Å². The molecule has 1 saturated heterocycles. The molecule has 112 valence electrons. The standard InChI is InChI=1S/C13H26N2O3S/c1-12-5-7-13(11-16,8-6-12)14-19(17,18)15-9-3-2-4-10-15/h12,14,16H,2-11H2,1H3. The van der Waals surface area contributed by atoms with Crippen LogP contribution in [0.1, 0.15) is 51.9 Å². The molecule has 0 aromatic carbocycles. The smallest absolute Gasteiger partial charge is 0.280 e. The Labute approximate surface area is 116 Å². The van der Waals surface area contributed by atoms with Gasteiger partial charge < -0.3 is 5.11 Å². The monoisotopic (exact) mass is 290 g/mol. The highest BCUT2D eigenvalue weighted by atomic mass is 32.2. The van der Waals surface area contributed by atoms with Gasteiger partial charge in [0, 0.05) is 13.1 Å². The maximum atomic E-state index is 12.4. The summed E-state index contributed by atoms with van der Waals surface area (Å²) in [5, 5.41) is 9.64. The summed E-state index contributed by atoms with van der Waals surface area (Å²) in [6.45, 7) is 3.29. The van der Waals surface area contributed by atoms with Crippen molar-refractivity contribution in [2.24, 2.45) is 5.92 Å². The predicted octanol–water partition coefficient (Wildman–Crippen LogP) is 1.25. The summed E-state index contributed by atoms with van der Waals surface area (Å²) in [5.74, 6) is 0.624. The Morgan fingerprint density at radius 2 is 1.79 bits per heavy atom. The van der Waals surface area contributed by atoms with E-state index in [4.69, 9.17) is 0 Å². The van der Waals surface area contributed by atoms with E-state index in [2.05, 4.69) is 11.6 Å². The number of rotatable bonds is 4. The molecule has 2 aliphatic rings. The molecule has 1 aliphatic heterocycles. The highest BCUT2D eigenvalue weighted by Gasteiger charge is 2.39. The lowest BCUT2D eigenvalue weighted by atomic mass is 9.78. The third-order valence-corrected chi connectivity index (χ3v) is 6.27. The van der Waals surface area contributed by atoms with E-state index in [0.29, 0.717) is 19.0 Å². The molecule has 0 aromatic heterocycles. The molecule has 19 heavy (non-hydrogen) atoms. The molecule has 0 bridgehead atoms. The van der Waals surface area contributed by atoms with Crippen molar-refractivity contribution in [2.75, 3.05) is 19.7 Å². The quantitative estimate of drug-likeness (QED) is 0.818. The molecule has 1 aliphatic carbocycles. The van der Waals surface area contributed by atoms with Crippen LogP contribution in [0.2, 0.25) is 0 Å². The third kappa shape index (κ3) is 3.68.